The maximum atomic E-state index is 12.6. The normalized spacial score (nSPS) is 15.1. The highest BCUT2D eigenvalue weighted by Crippen LogP contribution is 2.24. The molecular formula is C14H22N4O3. The Bertz CT molecular complexity index is 508. The van der Waals surface area contributed by atoms with Crippen molar-refractivity contribution in [2.75, 3.05) is 13.6 Å². The fourth-order valence-corrected chi connectivity index (χ4v) is 2.76. The Kier molecular flexibility index (Phi) is 4.82. The van der Waals surface area contributed by atoms with E-state index in [1.165, 1.54) is 9.80 Å². The van der Waals surface area contributed by atoms with Crippen molar-refractivity contribution in [2.24, 2.45) is 7.05 Å². The van der Waals surface area contributed by atoms with E-state index in [4.69, 9.17) is 5.11 Å². The van der Waals surface area contributed by atoms with Gasteiger partial charge >= 0.3 is 12.0 Å². The van der Waals surface area contributed by atoms with Crippen molar-refractivity contribution < 1.29 is 14.7 Å². The lowest BCUT2D eigenvalue weighted by atomic mass is 10.2. The summed E-state index contributed by atoms with van der Waals surface area (Å²) in [5, 5.41) is 9.05. The molecule has 0 bridgehead atoms. The maximum Gasteiger partial charge on any atom is 0.323 e. The van der Waals surface area contributed by atoms with Gasteiger partial charge in [0.25, 0.3) is 0 Å². The van der Waals surface area contributed by atoms with Crippen LogP contribution < -0.4 is 0 Å². The molecule has 0 spiro atoms. The summed E-state index contributed by atoms with van der Waals surface area (Å²) in [5.41, 5.74) is 0. The zero-order chi connectivity index (χ0) is 15.4. The molecule has 0 aliphatic heterocycles. The number of hydrogen-bond acceptors (Lipinski definition) is 3. The summed E-state index contributed by atoms with van der Waals surface area (Å²) in [6, 6.07) is -0.204. The van der Waals surface area contributed by atoms with Gasteiger partial charge in [0.2, 0.25) is 0 Å². The van der Waals surface area contributed by atoms with Crippen LogP contribution >= 0.6 is 0 Å². The van der Waals surface area contributed by atoms with Crippen molar-refractivity contribution >= 4 is 12.0 Å². The number of carbonyl (C=O) groups excluding carboxylic acids is 1. The summed E-state index contributed by atoms with van der Waals surface area (Å²) in [6.45, 7) is 0.125. The van der Waals surface area contributed by atoms with Crippen LogP contribution in [-0.2, 0) is 18.4 Å². The zero-order valence-electron chi connectivity index (χ0n) is 12.5. The number of urea groups is 1. The summed E-state index contributed by atoms with van der Waals surface area (Å²) in [6.07, 6.45) is 7.37. The van der Waals surface area contributed by atoms with Gasteiger partial charge in [0.1, 0.15) is 12.4 Å². The van der Waals surface area contributed by atoms with Gasteiger partial charge in [-0.2, -0.15) is 0 Å². The van der Waals surface area contributed by atoms with E-state index in [1.54, 1.807) is 13.2 Å². The lowest BCUT2D eigenvalue weighted by molar-refractivity contribution is -0.138. The largest absolute Gasteiger partial charge is 0.480 e. The first-order chi connectivity index (χ1) is 9.99. The number of amides is 2. The molecular weight excluding hydrogens is 272 g/mol. The molecule has 1 aromatic rings. The molecule has 1 fully saturated rings. The van der Waals surface area contributed by atoms with E-state index in [0.717, 1.165) is 31.5 Å². The molecule has 0 aromatic carbocycles. The van der Waals surface area contributed by atoms with E-state index >= 15 is 0 Å². The Morgan fingerprint density at radius 1 is 1.43 bits per heavy atom. The standard InChI is InChI=1S/C14H22N4O3/c1-16-8-7-15-12(16)9-17(2)14(21)18(10-13(19)20)11-5-3-4-6-11/h7-8,11H,3-6,9-10H2,1-2H3,(H,19,20). The summed E-state index contributed by atoms with van der Waals surface area (Å²) >= 11 is 0. The minimum absolute atomic E-state index is 0.0393. The molecule has 21 heavy (non-hydrogen) atoms. The molecule has 1 saturated carbocycles. The first kappa shape index (κ1) is 15.3. The predicted octanol–water partition coefficient (Wildman–Crippen LogP) is 1.30. The van der Waals surface area contributed by atoms with Crippen LogP contribution in [-0.4, -0.2) is 56.1 Å². The molecule has 1 aliphatic carbocycles. The number of rotatable bonds is 5. The molecule has 0 radical (unpaired) electrons. The number of imidazole rings is 1. The minimum atomic E-state index is -0.972. The number of aryl methyl sites for hydroxylation is 1. The second-order valence-electron chi connectivity index (χ2n) is 5.55. The molecule has 2 rings (SSSR count). The molecule has 7 nitrogen and oxygen atoms in total. The van der Waals surface area contributed by atoms with Crippen molar-refractivity contribution in [3.8, 4) is 0 Å². The molecule has 2 amide bonds. The smallest absolute Gasteiger partial charge is 0.323 e. The molecule has 116 valence electrons. The van der Waals surface area contributed by atoms with Gasteiger partial charge in [-0.15, -0.1) is 0 Å². The number of carboxylic acid groups (broad SMARTS) is 1. The molecule has 1 aromatic heterocycles. The lowest BCUT2D eigenvalue weighted by Gasteiger charge is -2.31. The monoisotopic (exact) mass is 294 g/mol. The number of carboxylic acids is 1. The summed E-state index contributed by atoms with van der Waals surface area (Å²) in [4.78, 5) is 30.8. The second-order valence-corrected chi connectivity index (χ2v) is 5.55. The van der Waals surface area contributed by atoms with E-state index in [-0.39, 0.29) is 18.6 Å². The van der Waals surface area contributed by atoms with Crippen LogP contribution in [0.1, 0.15) is 31.5 Å². The van der Waals surface area contributed by atoms with Gasteiger partial charge in [-0.1, -0.05) is 12.8 Å². The molecule has 1 heterocycles. The number of aromatic nitrogens is 2. The Hall–Kier alpha value is -2.05. The fraction of sp³-hybridized carbons (Fsp3) is 0.643. The molecule has 1 aliphatic rings. The molecule has 0 saturated heterocycles. The van der Waals surface area contributed by atoms with Gasteiger partial charge in [-0.3, -0.25) is 4.79 Å². The highest BCUT2D eigenvalue weighted by molar-refractivity contribution is 5.80. The van der Waals surface area contributed by atoms with Crippen LogP contribution in [0.3, 0.4) is 0 Å². The van der Waals surface area contributed by atoms with Crippen LogP contribution in [0.5, 0.6) is 0 Å². The van der Waals surface area contributed by atoms with E-state index in [0.29, 0.717) is 6.54 Å². The van der Waals surface area contributed by atoms with E-state index in [2.05, 4.69) is 4.98 Å². The zero-order valence-corrected chi connectivity index (χ0v) is 12.5. The minimum Gasteiger partial charge on any atom is -0.480 e. The Balaban J connectivity index is 2.05. The summed E-state index contributed by atoms with van der Waals surface area (Å²) in [7, 11) is 3.55. The van der Waals surface area contributed by atoms with Gasteiger partial charge in [0.15, 0.2) is 0 Å². The molecule has 0 unspecified atom stereocenters. The van der Waals surface area contributed by atoms with E-state index in [1.807, 2.05) is 17.8 Å². The third-order valence-electron chi connectivity index (χ3n) is 3.94. The molecule has 7 heteroatoms. The Morgan fingerprint density at radius 2 is 2.10 bits per heavy atom. The van der Waals surface area contributed by atoms with Crippen molar-refractivity contribution in [2.45, 2.75) is 38.3 Å². The van der Waals surface area contributed by atoms with Crippen LogP contribution in [0, 0.1) is 0 Å². The first-order valence-corrected chi connectivity index (χ1v) is 7.18. The average Bonchev–Trinajstić information content (AvgIpc) is 3.07. The maximum absolute atomic E-state index is 12.6. The molecule has 0 atom stereocenters. The average molecular weight is 294 g/mol. The van der Waals surface area contributed by atoms with Crippen molar-refractivity contribution in [3.05, 3.63) is 18.2 Å². The molecule has 1 N–H and O–H groups in total. The number of carbonyl (C=O) groups is 2. The van der Waals surface area contributed by atoms with Gasteiger partial charge in [-0.25, -0.2) is 9.78 Å². The van der Waals surface area contributed by atoms with Crippen LogP contribution in [0.4, 0.5) is 4.79 Å². The lowest BCUT2D eigenvalue weighted by Crippen LogP contribution is -2.48. The van der Waals surface area contributed by atoms with Crippen molar-refractivity contribution in [1.82, 2.24) is 19.4 Å². The van der Waals surface area contributed by atoms with Gasteiger partial charge < -0.3 is 19.5 Å². The highest BCUT2D eigenvalue weighted by Gasteiger charge is 2.30. The van der Waals surface area contributed by atoms with Gasteiger partial charge in [-0.05, 0) is 12.8 Å². The van der Waals surface area contributed by atoms with Crippen LogP contribution in [0.2, 0.25) is 0 Å². The predicted molar refractivity (Wildman–Crippen MR) is 76.7 cm³/mol. The van der Waals surface area contributed by atoms with Gasteiger partial charge in [0, 0.05) is 32.5 Å². The van der Waals surface area contributed by atoms with Crippen molar-refractivity contribution in [1.29, 1.82) is 0 Å². The topological polar surface area (TPSA) is 78.7 Å². The Morgan fingerprint density at radius 3 is 2.62 bits per heavy atom. The third-order valence-corrected chi connectivity index (χ3v) is 3.94. The SMILES string of the molecule is CN(Cc1nccn1C)C(=O)N(CC(=O)O)C1CCCC1. The second kappa shape index (κ2) is 6.60. The van der Waals surface area contributed by atoms with E-state index in [9.17, 15) is 9.59 Å². The highest BCUT2D eigenvalue weighted by atomic mass is 16.4. The van der Waals surface area contributed by atoms with Crippen LogP contribution in [0.15, 0.2) is 12.4 Å². The number of nitrogens with zero attached hydrogens (tertiary/aromatic N) is 4. The van der Waals surface area contributed by atoms with Crippen molar-refractivity contribution in [3.63, 3.8) is 0 Å². The quantitative estimate of drug-likeness (QED) is 0.888. The fourth-order valence-electron chi connectivity index (χ4n) is 2.76. The number of hydrogen-bond donors (Lipinski definition) is 1. The van der Waals surface area contributed by atoms with E-state index < -0.39 is 5.97 Å². The number of aliphatic carboxylic acids is 1. The van der Waals surface area contributed by atoms with Gasteiger partial charge in [0.05, 0.1) is 6.54 Å². The Labute approximate surface area is 124 Å². The van der Waals surface area contributed by atoms with Crippen LogP contribution in [0.25, 0.3) is 0 Å². The summed E-state index contributed by atoms with van der Waals surface area (Å²) < 4.78 is 1.85. The third kappa shape index (κ3) is 3.74. The summed E-state index contributed by atoms with van der Waals surface area (Å²) in [5.74, 6) is -0.201. The first-order valence-electron chi connectivity index (χ1n) is 7.18.